The minimum atomic E-state index is -0.236. The van der Waals surface area contributed by atoms with Gasteiger partial charge in [0, 0.05) is 19.1 Å². The normalized spacial score (nSPS) is 12.7. The van der Waals surface area contributed by atoms with Gasteiger partial charge in [-0.25, -0.2) is 4.39 Å². The lowest BCUT2D eigenvalue weighted by atomic mass is 10.0. The lowest BCUT2D eigenvalue weighted by Gasteiger charge is -2.27. The van der Waals surface area contributed by atoms with Crippen molar-refractivity contribution in [1.82, 2.24) is 4.90 Å². The van der Waals surface area contributed by atoms with Gasteiger partial charge in [0.1, 0.15) is 5.82 Å². The van der Waals surface area contributed by atoms with Gasteiger partial charge in [-0.3, -0.25) is 4.90 Å². The molecule has 0 amide bonds. The maximum absolute atomic E-state index is 13.2. The Balaban J connectivity index is 2.18. The predicted octanol–water partition coefficient (Wildman–Crippen LogP) is 4.26. The number of likely N-dealkylation sites (N-methyl/N-ethyl adjacent to an activating group) is 1. The Labute approximate surface area is 134 Å². The molecule has 2 aromatic carbocycles. The molecule has 21 heavy (non-hydrogen) atoms. The fourth-order valence-corrected chi connectivity index (χ4v) is 2.63. The van der Waals surface area contributed by atoms with Gasteiger partial charge < -0.3 is 5.73 Å². The van der Waals surface area contributed by atoms with Crippen LogP contribution in [0.3, 0.4) is 0 Å². The molecule has 112 valence electrons. The minimum absolute atomic E-state index is 0.0111. The highest BCUT2D eigenvalue weighted by Gasteiger charge is 2.17. The summed E-state index contributed by atoms with van der Waals surface area (Å²) in [7, 11) is 1.95. The van der Waals surface area contributed by atoms with E-state index in [2.05, 4.69) is 4.90 Å². The second-order valence-electron chi connectivity index (χ2n) is 4.97. The van der Waals surface area contributed by atoms with Crippen LogP contribution < -0.4 is 5.73 Å². The van der Waals surface area contributed by atoms with Gasteiger partial charge in [-0.1, -0.05) is 41.4 Å². The highest BCUT2D eigenvalue weighted by molar-refractivity contribution is 6.42. The van der Waals surface area contributed by atoms with Gasteiger partial charge in [-0.05, 0) is 42.4 Å². The largest absolute Gasteiger partial charge is 0.329 e. The van der Waals surface area contributed by atoms with E-state index < -0.39 is 0 Å². The fraction of sp³-hybridized carbons (Fsp3) is 0.250. The van der Waals surface area contributed by atoms with Crippen molar-refractivity contribution in [3.8, 4) is 0 Å². The van der Waals surface area contributed by atoms with Crippen LogP contribution in [0.25, 0.3) is 0 Å². The van der Waals surface area contributed by atoms with Crippen LogP contribution in [0.1, 0.15) is 17.2 Å². The molecule has 0 aliphatic rings. The first-order valence-electron chi connectivity index (χ1n) is 6.61. The molecule has 2 nitrogen and oxygen atoms in total. The van der Waals surface area contributed by atoms with Crippen LogP contribution in [-0.4, -0.2) is 18.5 Å². The van der Waals surface area contributed by atoms with Crippen molar-refractivity contribution in [2.24, 2.45) is 5.73 Å². The molecule has 2 rings (SSSR count). The summed E-state index contributed by atoms with van der Waals surface area (Å²) >= 11 is 12.0. The summed E-state index contributed by atoms with van der Waals surface area (Å²) in [4.78, 5) is 2.06. The first kappa shape index (κ1) is 16.2. The highest BCUT2D eigenvalue weighted by Crippen LogP contribution is 2.28. The van der Waals surface area contributed by atoms with E-state index in [4.69, 9.17) is 28.9 Å². The van der Waals surface area contributed by atoms with Crippen LogP contribution >= 0.6 is 23.2 Å². The van der Waals surface area contributed by atoms with Crippen LogP contribution in [0, 0.1) is 5.82 Å². The standard InChI is InChI=1S/C16H17Cl2FN2/c1-21(10-11-3-2-4-13(19)7-11)16(9-20)12-5-6-14(17)15(18)8-12/h2-8,16H,9-10,20H2,1H3. The Morgan fingerprint density at radius 1 is 1.14 bits per heavy atom. The number of halogens is 3. The summed E-state index contributed by atoms with van der Waals surface area (Å²) in [6, 6.07) is 12.0. The van der Waals surface area contributed by atoms with Crippen molar-refractivity contribution in [2.75, 3.05) is 13.6 Å². The van der Waals surface area contributed by atoms with Gasteiger partial charge >= 0.3 is 0 Å². The van der Waals surface area contributed by atoms with Crippen molar-refractivity contribution in [3.05, 3.63) is 69.5 Å². The molecule has 0 aliphatic heterocycles. The van der Waals surface area contributed by atoms with Gasteiger partial charge in [-0.15, -0.1) is 0 Å². The predicted molar refractivity (Wildman–Crippen MR) is 86.1 cm³/mol. The molecule has 0 aromatic heterocycles. The Kier molecular flexibility index (Phi) is 5.59. The molecule has 2 N–H and O–H groups in total. The lowest BCUT2D eigenvalue weighted by Crippen LogP contribution is -2.30. The van der Waals surface area contributed by atoms with E-state index >= 15 is 0 Å². The van der Waals surface area contributed by atoms with Gasteiger partial charge in [0.05, 0.1) is 10.0 Å². The summed E-state index contributed by atoms with van der Waals surface area (Å²) in [5, 5.41) is 1.02. The first-order valence-corrected chi connectivity index (χ1v) is 7.36. The van der Waals surface area contributed by atoms with Crippen LogP contribution in [0.2, 0.25) is 10.0 Å². The maximum atomic E-state index is 13.2. The fourth-order valence-electron chi connectivity index (χ4n) is 2.32. The summed E-state index contributed by atoms with van der Waals surface area (Å²) in [5.74, 6) is -0.236. The molecular weight excluding hydrogens is 310 g/mol. The van der Waals surface area contributed by atoms with Crippen molar-refractivity contribution in [3.63, 3.8) is 0 Å². The third-order valence-corrected chi connectivity index (χ3v) is 4.14. The zero-order valence-electron chi connectivity index (χ0n) is 11.7. The molecule has 0 aliphatic carbocycles. The monoisotopic (exact) mass is 326 g/mol. The van der Waals surface area contributed by atoms with Crippen LogP contribution in [0.4, 0.5) is 4.39 Å². The number of nitrogens with two attached hydrogens (primary N) is 1. The molecule has 0 heterocycles. The molecule has 0 fully saturated rings. The number of hydrogen-bond donors (Lipinski definition) is 1. The van der Waals surface area contributed by atoms with Crippen molar-refractivity contribution in [2.45, 2.75) is 12.6 Å². The molecule has 0 saturated carbocycles. The molecule has 0 radical (unpaired) electrons. The van der Waals surface area contributed by atoms with Crippen LogP contribution in [0.5, 0.6) is 0 Å². The Bertz CT molecular complexity index is 619. The maximum Gasteiger partial charge on any atom is 0.123 e. The topological polar surface area (TPSA) is 29.3 Å². The molecule has 2 aromatic rings. The van der Waals surface area contributed by atoms with Gasteiger partial charge in [0.2, 0.25) is 0 Å². The summed E-state index contributed by atoms with van der Waals surface area (Å²) in [5.41, 5.74) is 7.78. The average Bonchev–Trinajstić information content (AvgIpc) is 2.43. The number of rotatable bonds is 5. The zero-order chi connectivity index (χ0) is 15.4. The van der Waals surface area contributed by atoms with Crippen molar-refractivity contribution >= 4 is 23.2 Å². The zero-order valence-corrected chi connectivity index (χ0v) is 13.2. The Morgan fingerprint density at radius 2 is 1.90 bits per heavy atom. The summed E-state index contributed by atoms with van der Waals surface area (Å²) in [6.45, 7) is 1.03. The third kappa shape index (κ3) is 4.17. The van der Waals surface area contributed by atoms with Gasteiger partial charge in [-0.2, -0.15) is 0 Å². The van der Waals surface area contributed by atoms with E-state index in [1.54, 1.807) is 12.1 Å². The molecule has 0 saturated heterocycles. The molecule has 0 bridgehead atoms. The third-order valence-electron chi connectivity index (χ3n) is 3.40. The Morgan fingerprint density at radius 3 is 2.52 bits per heavy atom. The molecule has 1 unspecified atom stereocenters. The van der Waals surface area contributed by atoms with Crippen molar-refractivity contribution in [1.29, 1.82) is 0 Å². The van der Waals surface area contributed by atoms with E-state index in [0.29, 0.717) is 23.1 Å². The lowest BCUT2D eigenvalue weighted by molar-refractivity contribution is 0.241. The number of benzene rings is 2. The molecular formula is C16H17Cl2FN2. The number of hydrogen-bond acceptors (Lipinski definition) is 2. The van der Waals surface area contributed by atoms with Crippen LogP contribution in [-0.2, 0) is 6.54 Å². The van der Waals surface area contributed by atoms with E-state index in [1.807, 2.05) is 25.2 Å². The van der Waals surface area contributed by atoms with Crippen molar-refractivity contribution < 1.29 is 4.39 Å². The SMILES string of the molecule is CN(Cc1cccc(F)c1)C(CN)c1ccc(Cl)c(Cl)c1. The highest BCUT2D eigenvalue weighted by atomic mass is 35.5. The second-order valence-corrected chi connectivity index (χ2v) is 5.78. The Hall–Kier alpha value is -1.13. The molecule has 0 spiro atoms. The van der Waals surface area contributed by atoms with E-state index in [-0.39, 0.29) is 11.9 Å². The quantitative estimate of drug-likeness (QED) is 0.889. The van der Waals surface area contributed by atoms with Crippen LogP contribution in [0.15, 0.2) is 42.5 Å². The summed E-state index contributed by atoms with van der Waals surface area (Å²) < 4.78 is 13.2. The summed E-state index contributed by atoms with van der Waals surface area (Å²) in [6.07, 6.45) is 0. The van der Waals surface area contributed by atoms with E-state index in [1.165, 1.54) is 12.1 Å². The molecule has 1 atom stereocenters. The number of nitrogens with zero attached hydrogens (tertiary/aromatic N) is 1. The first-order chi connectivity index (χ1) is 10.0. The second kappa shape index (κ2) is 7.23. The minimum Gasteiger partial charge on any atom is -0.329 e. The van der Waals surface area contributed by atoms with Gasteiger partial charge in [0.25, 0.3) is 0 Å². The average molecular weight is 327 g/mol. The van der Waals surface area contributed by atoms with Gasteiger partial charge in [0.15, 0.2) is 0 Å². The molecule has 5 heteroatoms. The van der Waals surface area contributed by atoms with E-state index in [9.17, 15) is 4.39 Å². The smallest absolute Gasteiger partial charge is 0.123 e. The van der Waals surface area contributed by atoms with E-state index in [0.717, 1.165) is 11.1 Å².